The summed E-state index contributed by atoms with van der Waals surface area (Å²) in [4.78, 5) is 19.6. The number of aromatic nitrogens is 1. The van der Waals surface area contributed by atoms with Crippen LogP contribution >= 0.6 is 0 Å². The van der Waals surface area contributed by atoms with E-state index >= 15 is 0 Å². The summed E-state index contributed by atoms with van der Waals surface area (Å²) in [6.07, 6.45) is 3.29. The Hall–Kier alpha value is -2.75. The number of benzene rings is 2. The van der Waals surface area contributed by atoms with Crippen LogP contribution in [-0.2, 0) is 17.8 Å². The minimum Gasteiger partial charge on any atom is -0.378 e. The Labute approximate surface area is 149 Å². The number of carbonyl (C=O) groups is 1. The van der Waals surface area contributed by atoms with E-state index in [2.05, 4.69) is 46.3 Å². The number of fused-ring (bicyclic) bond motifs is 1. The standard InChI is InChI=1S/C21H25N3O/c1-23(2)18-11-8-16(9-12-18)15-24(3)21(25)13-10-17-14-22-20-7-5-4-6-19(17)20/h4-9,11-12,14,22H,10,13,15H2,1-3H3. The summed E-state index contributed by atoms with van der Waals surface area (Å²) in [7, 11) is 5.92. The third-order valence-electron chi connectivity index (χ3n) is 4.58. The molecule has 0 aliphatic carbocycles. The first kappa shape index (κ1) is 17.1. The molecule has 0 saturated carbocycles. The lowest BCUT2D eigenvalue weighted by Crippen LogP contribution is -2.26. The molecule has 4 heteroatoms. The van der Waals surface area contributed by atoms with Crippen molar-refractivity contribution in [2.75, 3.05) is 26.0 Å². The molecular formula is C21H25N3O. The molecule has 4 nitrogen and oxygen atoms in total. The van der Waals surface area contributed by atoms with E-state index in [4.69, 9.17) is 0 Å². The minimum atomic E-state index is 0.168. The topological polar surface area (TPSA) is 39.3 Å². The van der Waals surface area contributed by atoms with Crippen LogP contribution in [0.3, 0.4) is 0 Å². The average molecular weight is 335 g/mol. The van der Waals surface area contributed by atoms with Crippen LogP contribution in [0.4, 0.5) is 5.69 Å². The number of hydrogen-bond donors (Lipinski definition) is 1. The van der Waals surface area contributed by atoms with Gasteiger partial charge >= 0.3 is 0 Å². The molecule has 0 bridgehead atoms. The molecule has 3 rings (SSSR count). The van der Waals surface area contributed by atoms with Crippen molar-refractivity contribution in [1.29, 1.82) is 0 Å². The van der Waals surface area contributed by atoms with Gasteiger partial charge < -0.3 is 14.8 Å². The van der Waals surface area contributed by atoms with E-state index in [0.29, 0.717) is 13.0 Å². The first-order chi connectivity index (χ1) is 12.0. The van der Waals surface area contributed by atoms with Gasteiger partial charge in [0.1, 0.15) is 0 Å². The van der Waals surface area contributed by atoms with Crippen LogP contribution in [0, 0.1) is 0 Å². The fraction of sp³-hybridized carbons (Fsp3) is 0.286. The fourth-order valence-electron chi connectivity index (χ4n) is 3.03. The number of aromatic amines is 1. The molecule has 1 amide bonds. The largest absolute Gasteiger partial charge is 0.378 e. The molecule has 0 atom stereocenters. The van der Waals surface area contributed by atoms with Crippen molar-refractivity contribution in [1.82, 2.24) is 9.88 Å². The lowest BCUT2D eigenvalue weighted by Gasteiger charge is -2.18. The third kappa shape index (κ3) is 4.02. The van der Waals surface area contributed by atoms with Crippen LogP contribution in [0.1, 0.15) is 17.5 Å². The van der Waals surface area contributed by atoms with Crippen LogP contribution in [0.5, 0.6) is 0 Å². The van der Waals surface area contributed by atoms with Gasteiger partial charge in [0.2, 0.25) is 5.91 Å². The Morgan fingerprint density at radius 3 is 2.44 bits per heavy atom. The van der Waals surface area contributed by atoms with Crippen molar-refractivity contribution < 1.29 is 4.79 Å². The summed E-state index contributed by atoms with van der Waals surface area (Å²) in [5.74, 6) is 0.168. The summed E-state index contributed by atoms with van der Waals surface area (Å²) in [6.45, 7) is 0.639. The first-order valence-corrected chi connectivity index (χ1v) is 8.60. The number of rotatable bonds is 6. The van der Waals surface area contributed by atoms with Crippen molar-refractivity contribution in [3.05, 3.63) is 65.9 Å². The van der Waals surface area contributed by atoms with Crippen molar-refractivity contribution in [2.45, 2.75) is 19.4 Å². The zero-order chi connectivity index (χ0) is 17.8. The molecule has 0 radical (unpaired) electrons. The van der Waals surface area contributed by atoms with Crippen LogP contribution < -0.4 is 4.90 Å². The number of nitrogens with one attached hydrogen (secondary N) is 1. The van der Waals surface area contributed by atoms with Gasteiger partial charge in [-0.1, -0.05) is 30.3 Å². The van der Waals surface area contributed by atoms with Gasteiger partial charge in [0.25, 0.3) is 0 Å². The average Bonchev–Trinajstić information content (AvgIpc) is 3.03. The number of aryl methyl sites for hydroxylation is 1. The van der Waals surface area contributed by atoms with Crippen molar-refractivity contribution >= 4 is 22.5 Å². The Bertz CT molecular complexity index is 849. The van der Waals surface area contributed by atoms with E-state index in [0.717, 1.165) is 23.2 Å². The summed E-state index contributed by atoms with van der Waals surface area (Å²) < 4.78 is 0. The Morgan fingerprint density at radius 1 is 1.00 bits per heavy atom. The number of para-hydroxylation sites is 1. The van der Waals surface area contributed by atoms with E-state index < -0.39 is 0 Å². The second-order valence-electron chi connectivity index (χ2n) is 6.67. The van der Waals surface area contributed by atoms with Gasteiger partial charge in [-0.25, -0.2) is 0 Å². The van der Waals surface area contributed by atoms with Gasteiger partial charge in [-0.3, -0.25) is 4.79 Å². The maximum Gasteiger partial charge on any atom is 0.222 e. The van der Waals surface area contributed by atoms with Gasteiger partial charge in [0, 0.05) is 56.9 Å². The summed E-state index contributed by atoms with van der Waals surface area (Å²) in [5, 5.41) is 1.21. The number of nitrogens with zero attached hydrogens (tertiary/aromatic N) is 2. The maximum absolute atomic E-state index is 12.5. The third-order valence-corrected chi connectivity index (χ3v) is 4.58. The van der Waals surface area contributed by atoms with Crippen LogP contribution in [0.15, 0.2) is 54.7 Å². The molecule has 1 heterocycles. The van der Waals surface area contributed by atoms with E-state index in [9.17, 15) is 4.79 Å². The van der Waals surface area contributed by atoms with Crippen LogP contribution in [-0.4, -0.2) is 36.9 Å². The first-order valence-electron chi connectivity index (χ1n) is 8.60. The molecule has 2 aromatic carbocycles. The lowest BCUT2D eigenvalue weighted by atomic mass is 10.1. The highest BCUT2D eigenvalue weighted by atomic mass is 16.2. The van der Waals surface area contributed by atoms with Crippen LogP contribution in [0.2, 0.25) is 0 Å². The second-order valence-corrected chi connectivity index (χ2v) is 6.67. The Kier molecular flexibility index (Phi) is 5.08. The highest BCUT2D eigenvalue weighted by Gasteiger charge is 2.11. The molecule has 0 saturated heterocycles. The Balaban J connectivity index is 1.57. The molecule has 0 unspecified atom stereocenters. The predicted octanol–water partition coefficient (Wildman–Crippen LogP) is 3.83. The van der Waals surface area contributed by atoms with Gasteiger partial charge in [-0.15, -0.1) is 0 Å². The molecule has 1 aromatic heterocycles. The van der Waals surface area contributed by atoms with E-state index in [1.807, 2.05) is 39.5 Å². The molecular weight excluding hydrogens is 310 g/mol. The second kappa shape index (κ2) is 7.43. The molecule has 130 valence electrons. The van der Waals surface area contributed by atoms with Gasteiger partial charge in [-0.2, -0.15) is 0 Å². The van der Waals surface area contributed by atoms with Crippen molar-refractivity contribution in [3.8, 4) is 0 Å². The summed E-state index contributed by atoms with van der Waals surface area (Å²) in [6, 6.07) is 16.5. The minimum absolute atomic E-state index is 0.168. The number of amides is 1. The van der Waals surface area contributed by atoms with Gasteiger partial charge in [0.05, 0.1) is 0 Å². The van der Waals surface area contributed by atoms with Gasteiger partial charge in [-0.05, 0) is 35.7 Å². The molecule has 0 spiro atoms. The van der Waals surface area contributed by atoms with Crippen molar-refractivity contribution in [2.24, 2.45) is 0 Å². The molecule has 25 heavy (non-hydrogen) atoms. The molecule has 1 N–H and O–H groups in total. The number of anilines is 1. The van der Waals surface area contributed by atoms with E-state index in [1.165, 1.54) is 10.9 Å². The van der Waals surface area contributed by atoms with Gasteiger partial charge in [0.15, 0.2) is 0 Å². The summed E-state index contributed by atoms with van der Waals surface area (Å²) in [5.41, 5.74) is 4.64. The highest BCUT2D eigenvalue weighted by molar-refractivity contribution is 5.84. The lowest BCUT2D eigenvalue weighted by molar-refractivity contribution is -0.130. The molecule has 3 aromatic rings. The quantitative estimate of drug-likeness (QED) is 0.744. The summed E-state index contributed by atoms with van der Waals surface area (Å²) >= 11 is 0. The molecule has 0 aliphatic rings. The molecule has 0 fully saturated rings. The van der Waals surface area contributed by atoms with E-state index in [1.54, 1.807) is 4.90 Å². The number of carbonyl (C=O) groups excluding carboxylic acids is 1. The highest BCUT2D eigenvalue weighted by Crippen LogP contribution is 2.19. The monoisotopic (exact) mass is 335 g/mol. The zero-order valence-electron chi connectivity index (χ0n) is 15.1. The maximum atomic E-state index is 12.5. The number of hydrogen-bond acceptors (Lipinski definition) is 2. The predicted molar refractivity (Wildman–Crippen MR) is 104 cm³/mol. The zero-order valence-corrected chi connectivity index (χ0v) is 15.1. The fourth-order valence-corrected chi connectivity index (χ4v) is 3.03. The smallest absolute Gasteiger partial charge is 0.222 e. The SMILES string of the molecule is CN(Cc1ccc(N(C)C)cc1)C(=O)CCc1c[nH]c2ccccc12. The Morgan fingerprint density at radius 2 is 1.72 bits per heavy atom. The number of H-pyrrole nitrogens is 1. The molecule has 0 aliphatic heterocycles. The van der Waals surface area contributed by atoms with Crippen molar-refractivity contribution in [3.63, 3.8) is 0 Å². The van der Waals surface area contributed by atoms with E-state index in [-0.39, 0.29) is 5.91 Å². The normalized spacial score (nSPS) is 10.8. The van der Waals surface area contributed by atoms with Crippen LogP contribution in [0.25, 0.3) is 10.9 Å².